The molecule has 120 valence electrons. The molecule has 1 aromatic carbocycles. The fraction of sp³-hybridized carbons (Fsp3) is 0.500. The average molecular weight is 312 g/mol. The number of nitrogens with zero attached hydrogens (tertiary/aromatic N) is 6. The molecule has 0 bridgehead atoms. The van der Waals surface area contributed by atoms with E-state index in [0.29, 0.717) is 6.04 Å². The molecule has 2 aliphatic rings. The van der Waals surface area contributed by atoms with Crippen LogP contribution in [-0.4, -0.2) is 56.7 Å². The highest BCUT2D eigenvalue weighted by atomic mass is 16.2. The van der Waals surface area contributed by atoms with E-state index in [1.165, 1.54) is 5.69 Å². The number of amides is 1. The zero-order valence-corrected chi connectivity index (χ0v) is 13.2. The molecule has 1 saturated heterocycles. The van der Waals surface area contributed by atoms with Crippen LogP contribution < -0.4 is 4.90 Å². The predicted octanol–water partition coefficient (Wildman–Crippen LogP) is 0.899. The van der Waals surface area contributed by atoms with Crippen molar-refractivity contribution in [1.82, 2.24) is 25.1 Å². The summed E-state index contributed by atoms with van der Waals surface area (Å²) in [6, 6.07) is 10.7. The van der Waals surface area contributed by atoms with Crippen molar-refractivity contribution in [2.24, 2.45) is 0 Å². The molecule has 0 N–H and O–H groups in total. The van der Waals surface area contributed by atoms with Gasteiger partial charge in [-0.2, -0.15) is 0 Å². The first kappa shape index (κ1) is 14.2. The Bertz CT molecular complexity index is 682. The Morgan fingerprint density at radius 2 is 2.00 bits per heavy atom. The van der Waals surface area contributed by atoms with Gasteiger partial charge in [-0.25, -0.2) is 4.68 Å². The van der Waals surface area contributed by atoms with E-state index in [9.17, 15) is 4.79 Å². The second kappa shape index (κ2) is 5.33. The summed E-state index contributed by atoms with van der Waals surface area (Å²) in [5.74, 6) is 0.157. The van der Waals surface area contributed by atoms with E-state index in [2.05, 4.69) is 51.6 Å². The number of carbonyl (C=O) groups is 1. The van der Waals surface area contributed by atoms with Gasteiger partial charge in [0.1, 0.15) is 11.9 Å². The lowest BCUT2D eigenvalue weighted by atomic mass is 10.1. The van der Waals surface area contributed by atoms with Gasteiger partial charge in [0.2, 0.25) is 0 Å². The van der Waals surface area contributed by atoms with Gasteiger partial charge in [-0.05, 0) is 42.3 Å². The number of carbonyl (C=O) groups excluding carboxylic acids is 1. The fourth-order valence-electron chi connectivity index (χ4n) is 3.46. The molecule has 0 radical (unpaired) electrons. The highest BCUT2D eigenvalue weighted by Gasteiger charge is 2.55. The zero-order chi connectivity index (χ0) is 15.9. The van der Waals surface area contributed by atoms with Crippen molar-refractivity contribution < 1.29 is 4.79 Å². The molecule has 1 atom stereocenters. The first-order valence-electron chi connectivity index (χ1n) is 8.05. The van der Waals surface area contributed by atoms with Crippen LogP contribution in [0.15, 0.2) is 36.7 Å². The minimum Gasteiger partial charge on any atom is -0.365 e. The van der Waals surface area contributed by atoms with Gasteiger partial charge in [-0.15, -0.1) is 5.10 Å². The Kier molecular flexibility index (Phi) is 3.28. The maximum Gasteiger partial charge on any atom is 0.250 e. The highest BCUT2D eigenvalue weighted by molar-refractivity contribution is 5.87. The largest absolute Gasteiger partial charge is 0.365 e. The number of rotatable bonds is 3. The molecule has 1 aliphatic heterocycles. The van der Waals surface area contributed by atoms with Gasteiger partial charge < -0.3 is 9.80 Å². The van der Waals surface area contributed by atoms with E-state index in [4.69, 9.17) is 0 Å². The lowest BCUT2D eigenvalue weighted by molar-refractivity contribution is -0.137. The lowest BCUT2D eigenvalue weighted by Crippen LogP contribution is -2.56. The van der Waals surface area contributed by atoms with Gasteiger partial charge in [0.25, 0.3) is 5.91 Å². The number of benzene rings is 1. The standard InChI is InChI=1S/C16H20N6O/c1-13-11-20(9-10-21(13)14-5-3-2-4-6-14)15(23)16(7-8-16)22-12-17-18-19-22/h2-6,12-13H,7-11H2,1H3. The molecule has 2 heterocycles. The summed E-state index contributed by atoms with van der Waals surface area (Å²) >= 11 is 0. The summed E-state index contributed by atoms with van der Waals surface area (Å²) in [7, 11) is 0. The van der Waals surface area contributed by atoms with Crippen molar-refractivity contribution in [2.75, 3.05) is 24.5 Å². The summed E-state index contributed by atoms with van der Waals surface area (Å²) < 4.78 is 1.63. The van der Waals surface area contributed by atoms with Crippen LogP contribution in [0.3, 0.4) is 0 Å². The van der Waals surface area contributed by atoms with E-state index < -0.39 is 5.54 Å². The summed E-state index contributed by atoms with van der Waals surface area (Å²) in [6.07, 6.45) is 3.20. The Morgan fingerprint density at radius 3 is 2.61 bits per heavy atom. The second-order valence-corrected chi connectivity index (χ2v) is 6.42. The number of piperazine rings is 1. The fourth-order valence-corrected chi connectivity index (χ4v) is 3.46. The minimum absolute atomic E-state index is 0.157. The number of hydrogen-bond acceptors (Lipinski definition) is 5. The first-order valence-corrected chi connectivity index (χ1v) is 8.05. The van der Waals surface area contributed by atoms with Crippen LogP contribution in [-0.2, 0) is 10.3 Å². The molecule has 23 heavy (non-hydrogen) atoms. The van der Waals surface area contributed by atoms with E-state index >= 15 is 0 Å². The van der Waals surface area contributed by atoms with Gasteiger partial charge in [0.15, 0.2) is 0 Å². The molecule has 2 fully saturated rings. The SMILES string of the molecule is CC1CN(C(=O)C2(n3cnnn3)CC2)CCN1c1ccccc1. The van der Waals surface area contributed by atoms with Crippen LogP contribution in [0.25, 0.3) is 0 Å². The molecular weight excluding hydrogens is 292 g/mol. The maximum absolute atomic E-state index is 13.0. The van der Waals surface area contributed by atoms with Crippen LogP contribution in [0.4, 0.5) is 5.69 Å². The highest BCUT2D eigenvalue weighted by Crippen LogP contribution is 2.44. The predicted molar refractivity (Wildman–Crippen MR) is 84.9 cm³/mol. The number of tetrazole rings is 1. The Hall–Kier alpha value is -2.44. The van der Waals surface area contributed by atoms with Crippen LogP contribution in [0.1, 0.15) is 19.8 Å². The molecule has 2 aromatic rings. The van der Waals surface area contributed by atoms with Gasteiger partial charge in [0.05, 0.1) is 0 Å². The molecule has 1 amide bonds. The second-order valence-electron chi connectivity index (χ2n) is 6.42. The molecule has 1 aromatic heterocycles. The molecule has 1 aliphatic carbocycles. The Balaban J connectivity index is 1.48. The van der Waals surface area contributed by atoms with Crippen LogP contribution in [0.5, 0.6) is 0 Å². The maximum atomic E-state index is 13.0. The van der Waals surface area contributed by atoms with Crippen molar-refractivity contribution in [3.63, 3.8) is 0 Å². The molecule has 1 saturated carbocycles. The van der Waals surface area contributed by atoms with Crippen molar-refractivity contribution in [2.45, 2.75) is 31.3 Å². The summed E-state index contributed by atoms with van der Waals surface area (Å²) in [5.41, 5.74) is 0.687. The van der Waals surface area contributed by atoms with E-state index in [1.807, 2.05) is 11.0 Å². The average Bonchev–Trinajstić information content (AvgIpc) is 3.21. The lowest BCUT2D eigenvalue weighted by Gasteiger charge is -2.42. The van der Waals surface area contributed by atoms with Crippen LogP contribution in [0.2, 0.25) is 0 Å². The molecule has 7 nitrogen and oxygen atoms in total. The summed E-state index contributed by atoms with van der Waals surface area (Å²) in [4.78, 5) is 17.3. The molecule has 4 rings (SSSR count). The number of anilines is 1. The molecule has 1 unspecified atom stereocenters. The monoisotopic (exact) mass is 312 g/mol. The van der Waals surface area contributed by atoms with Crippen molar-refractivity contribution in [1.29, 1.82) is 0 Å². The third-order valence-electron chi connectivity index (χ3n) is 4.91. The third kappa shape index (κ3) is 2.36. The van der Waals surface area contributed by atoms with Crippen LogP contribution in [0, 0.1) is 0 Å². The zero-order valence-electron chi connectivity index (χ0n) is 13.2. The summed E-state index contributed by atoms with van der Waals surface area (Å²) in [5, 5.41) is 11.3. The van der Waals surface area contributed by atoms with Crippen molar-refractivity contribution >= 4 is 11.6 Å². The van der Waals surface area contributed by atoms with Crippen LogP contribution >= 0.6 is 0 Å². The third-order valence-corrected chi connectivity index (χ3v) is 4.91. The number of para-hydroxylation sites is 1. The normalized spacial score (nSPS) is 22.9. The molecule has 0 spiro atoms. The van der Waals surface area contributed by atoms with E-state index in [-0.39, 0.29) is 5.91 Å². The number of aromatic nitrogens is 4. The molecule has 7 heteroatoms. The van der Waals surface area contributed by atoms with E-state index in [0.717, 1.165) is 32.5 Å². The van der Waals surface area contributed by atoms with Crippen molar-refractivity contribution in [3.8, 4) is 0 Å². The topological polar surface area (TPSA) is 67.2 Å². The van der Waals surface area contributed by atoms with Gasteiger partial charge >= 0.3 is 0 Å². The quantitative estimate of drug-likeness (QED) is 0.842. The molecular formula is C16H20N6O. The smallest absolute Gasteiger partial charge is 0.250 e. The van der Waals surface area contributed by atoms with Crippen molar-refractivity contribution in [3.05, 3.63) is 36.7 Å². The van der Waals surface area contributed by atoms with Gasteiger partial charge in [0, 0.05) is 31.4 Å². The number of hydrogen-bond donors (Lipinski definition) is 0. The van der Waals surface area contributed by atoms with E-state index in [1.54, 1.807) is 11.0 Å². The minimum atomic E-state index is -0.530. The Labute approximate surface area is 134 Å². The van der Waals surface area contributed by atoms with Gasteiger partial charge in [-0.3, -0.25) is 4.79 Å². The first-order chi connectivity index (χ1) is 11.2. The summed E-state index contributed by atoms with van der Waals surface area (Å²) in [6.45, 7) is 4.49. The Morgan fingerprint density at radius 1 is 1.22 bits per heavy atom. The van der Waals surface area contributed by atoms with Gasteiger partial charge in [-0.1, -0.05) is 18.2 Å².